The van der Waals surface area contributed by atoms with Crippen molar-refractivity contribution in [2.45, 2.75) is 0 Å². The van der Waals surface area contributed by atoms with E-state index in [1.807, 2.05) is 56.4 Å². The van der Waals surface area contributed by atoms with Crippen LogP contribution < -0.4 is 19.6 Å². The minimum Gasteiger partial charge on any atom is -0.378 e. The van der Waals surface area contributed by atoms with Crippen molar-refractivity contribution >= 4 is 33.9 Å². The molecule has 0 unspecified atom stereocenters. The predicted octanol–water partition coefficient (Wildman–Crippen LogP) is 7.79. The Morgan fingerprint density at radius 1 is 0.435 bits per heavy atom. The van der Waals surface area contributed by atoms with Crippen molar-refractivity contribution in [3.05, 3.63) is 131 Å². The van der Waals surface area contributed by atoms with Crippen LogP contribution in [0.25, 0.3) is 11.1 Å². The summed E-state index contributed by atoms with van der Waals surface area (Å²) in [6, 6.07) is 38.2. The Bertz CT molecular complexity index is 1490. The average molecular weight is 609 g/mol. The first kappa shape index (κ1) is 33.4. The minimum atomic E-state index is -0.894. The molecule has 0 spiro atoms. The molecule has 6 nitrogen and oxygen atoms in total. The molecule has 0 aliphatic heterocycles. The number of nitrogens with zero attached hydrogens (tertiary/aromatic N) is 6. The fourth-order valence-electron chi connectivity index (χ4n) is 5.30. The van der Waals surface area contributed by atoms with E-state index in [1.165, 1.54) is 0 Å². The molecule has 0 N–H and O–H groups in total. The van der Waals surface area contributed by atoms with E-state index in [-0.39, 0.29) is 0 Å². The summed E-state index contributed by atoms with van der Waals surface area (Å²) in [6.45, 7) is 0. The molecule has 234 valence electrons. The summed E-state index contributed by atoms with van der Waals surface area (Å²) < 4.78 is 0. The van der Waals surface area contributed by atoms with Crippen LogP contribution in [-0.2, 0) is 0 Å². The fourth-order valence-corrected chi connectivity index (χ4v) is 5.30. The van der Waals surface area contributed by atoms with E-state index in [1.54, 1.807) is 0 Å². The van der Waals surface area contributed by atoms with Crippen LogP contribution >= 0.6 is 0 Å². The summed E-state index contributed by atoms with van der Waals surface area (Å²) in [4.78, 5) is 8.28. The molecule has 46 heavy (non-hydrogen) atoms. The van der Waals surface area contributed by atoms with Crippen LogP contribution in [0.5, 0.6) is 0 Å². The molecule has 0 bridgehead atoms. The van der Waals surface area contributed by atoms with Crippen molar-refractivity contribution in [1.29, 1.82) is 10.5 Å². The number of anilines is 4. The number of hydrogen-bond donors (Lipinski definition) is 0. The molecule has 4 rings (SSSR count). The molecule has 0 radical (unpaired) electrons. The third-order valence-electron chi connectivity index (χ3n) is 8.16. The van der Waals surface area contributed by atoms with Crippen molar-refractivity contribution in [3.8, 4) is 12.1 Å². The maximum Gasteiger partial charge on any atom is 0.143 e. The first-order chi connectivity index (χ1) is 22.0. The van der Waals surface area contributed by atoms with Crippen molar-refractivity contribution in [3.63, 3.8) is 0 Å². The first-order valence-corrected chi connectivity index (χ1v) is 15.4. The van der Waals surface area contributed by atoms with Crippen LogP contribution in [0.4, 0.5) is 22.7 Å². The van der Waals surface area contributed by atoms with E-state index in [9.17, 15) is 10.5 Å². The number of nitriles is 2. The van der Waals surface area contributed by atoms with Crippen LogP contribution in [-0.4, -0.2) is 56.4 Å². The van der Waals surface area contributed by atoms with Gasteiger partial charge in [-0.25, -0.2) is 0 Å². The molecule has 0 amide bonds. The van der Waals surface area contributed by atoms with Crippen molar-refractivity contribution in [2.24, 2.45) is 11.8 Å². The molecular weight excluding hydrogens is 564 g/mol. The Labute approximate surface area is 275 Å². The van der Waals surface area contributed by atoms with Gasteiger partial charge in [0.15, 0.2) is 0 Å². The second-order valence-electron chi connectivity index (χ2n) is 12.2. The summed E-state index contributed by atoms with van der Waals surface area (Å²) in [5.41, 5.74) is 10.4. The zero-order valence-corrected chi connectivity index (χ0v) is 28.2. The van der Waals surface area contributed by atoms with E-state index in [0.717, 1.165) is 56.1 Å². The quantitative estimate of drug-likeness (QED) is 0.173. The zero-order chi connectivity index (χ0) is 33.4. The maximum atomic E-state index is 10.2. The Morgan fingerprint density at radius 2 is 0.652 bits per heavy atom. The topological polar surface area (TPSA) is 60.5 Å². The highest BCUT2D eigenvalue weighted by Crippen LogP contribution is 2.34. The van der Waals surface area contributed by atoms with Gasteiger partial charge in [0.1, 0.15) is 5.92 Å². The average Bonchev–Trinajstić information content (AvgIpc) is 3.06. The Hall–Kier alpha value is -5.46. The zero-order valence-electron chi connectivity index (χ0n) is 28.2. The summed E-state index contributed by atoms with van der Waals surface area (Å²) in [5.74, 6) is -1.39. The largest absolute Gasteiger partial charge is 0.378 e. The van der Waals surface area contributed by atoms with Crippen LogP contribution in [0.15, 0.2) is 109 Å². The molecule has 0 saturated heterocycles. The summed E-state index contributed by atoms with van der Waals surface area (Å²) in [6.07, 6.45) is 4.18. The SMILES string of the molecule is CN(C)c1ccc(C(=CC(C=C(c2ccc(N(C)C)cc2)c2ccc(N(C)C)cc2)C(C#N)C#N)c2ccc(N(C)C)cc2)cc1. The van der Waals surface area contributed by atoms with Crippen LogP contribution in [0, 0.1) is 34.5 Å². The molecule has 0 aliphatic carbocycles. The number of benzene rings is 4. The van der Waals surface area contributed by atoms with Gasteiger partial charge in [0.05, 0.1) is 12.1 Å². The van der Waals surface area contributed by atoms with Crippen molar-refractivity contribution in [1.82, 2.24) is 0 Å². The Balaban J connectivity index is 1.96. The summed E-state index contributed by atoms with van der Waals surface area (Å²) in [7, 11) is 16.2. The van der Waals surface area contributed by atoms with Gasteiger partial charge >= 0.3 is 0 Å². The molecule has 0 aliphatic rings. The van der Waals surface area contributed by atoms with Gasteiger partial charge in [-0.1, -0.05) is 60.7 Å². The van der Waals surface area contributed by atoms with Crippen molar-refractivity contribution in [2.75, 3.05) is 76.0 Å². The molecule has 0 atom stereocenters. The van der Waals surface area contributed by atoms with Gasteiger partial charge in [-0.05, 0) is 81.9 Å². The van der Waals surface area contributed by atoms with Gasteiger partial charge in [0.25, 0.3) is 0 Å². The van der Waals surface area contributed by atoms with E-state index < -0.39 is 11.8 Å². The van der Waals surface area contributed by atoms with Gasteiger partial charge in [-0.3, -0.25) is 0 Å². The molecule has 4 aromatic rings. The normalized spacial score (nSPS) is 10.5. The molecule has 0 fully saturated rings. The molecule has 0 heterocycles. The standard InChI is InChI=1S/C40H44N6/c1-43(2)35-17-9-29(10-18-35)39(30-11-19-36(20-12-30)44(3)4)25-33(34(27-41)28-42)26-40(31-13-21-37(22-14-31)45(5)6)32-15-23-38(24-16-32)46(7)8/h9-26,33-34H,1-8H3. The van der Waals surface area contributed by atoms with Crippen molar-refractivity contribution < 1.29 is 0 Å². The third kappa shape index (κ3) is 7.97. The van der Waals surface area contributed by atoms with E-state index >= 15 is 0 Å². The second kappa shape index (κ2) is 15.0. The van der Waals surface area contributed by atoms with Crippen LogP contribution in [0.2, 0.25) is 0 Å². The first-order valence-electron chi connectivity index (χ1n) is 15.4. The van der Waals surface area contributed by atoms with E-state index in [0.29, 0.717) is 0 Å². The Morgan fingerprint density at radius 3 is 0.826 bits per heavy atom. The van der Waals surface area contributed by atoms with Gasteiger partial charge in [0.2, 0.25) is 0 Å². The smallest absolute Gasteiger partial charge is 0.143 e. The molecular formula is C40H44N6. The molecule has 6 heteroatoms. The summed E-state index contributed by atoms with van der Waals surface area (Å²) in [5, 5.41) is 20.5. The highest BCUT2D eigenvalue weighted by atomic mass is 15.1. The maximum absolute atomic E-state index is 10.2. The summed E-state index contributed by atoms with van der Waals surface area (Å²) >= 11 is 0. The lowest BCUT2D eigenvalue weighted by Gasteiger charge is -2.20. The molecule has 4 aromatic carbocycles. The highest BCUT2D eigenvalue weighted by molar-refractivity contribution is 5.84. The number of allylic oxidation sites excluding steroid dienone is 2. The fraction of sp³-hybridized carbons (Fsp3) is 0.250. The second-order valence-corrected chi connectivity index (χ2v) is 12.2. The molecule has 0 saturated carbocycles. The highest BCUT2D eigenvalue weighted by Gasteiger charge is 2.21. The van der Waals surface area contributed by atoms with Gasteiger partial charge < -0.3 is 19.6 Å². The van der Waals surface area contributed by atoms with E-state index in [2.05, 4.69) is 141 Å². The third-order valence-corrected chi connectivity index (χ3v) is 8.16. The van der Waals surface area contributed by atoms with Gasteiger partial charge in [0, 0.05) is 85.0 Å². The lowest BCUT2D eigenvalue weighted by Crippen LogP contribution is -2.11. The molecule has 0 aromatic heterocycles. The van der Waals surface area contributed by atoms with Crippen LogP contribution in [0.3, 0.4) is 0 Å². The minimum absolute atomic E-state index is 0.496. The van der Waals surface area contributed by atoms with Crippen LogP contribution in [0.1, 0.15) is 22.3 Å². The number of hydrogen-bond acceptors (Lipinski definition) is 6. The lowest BCUT2D eigenvalue weighted by atomic mass is 9.84. The Kier molecular flexibility index (Phi) is 10.9. The van der Waals surface area contributed by atoms with Gasteiger partial charge in [-0.15, -0.1) is 0 Å². The van der Waals surface area contributed by atoms with E-state index in [4.69, 9.17) is 0 Å². The van der Waals surface area contributed by atoms with Gasteiger partial charge in [-0.2, -0.15) is 10.5 Å². The monoisotopic (exact) mass is 608 g/mol. The number of rotatable bonds is 11. The predicted molar refractivity (Wildman–Crippen MR) is 195 cm³/mol. The lowest BCUT2D eigenvalue weighted by molar-refractivity contribution is 0.703.